The zero-order valence-electron chi connectivity index (χ0n) is 14.4. The average Bonchev–Trinajstić information content (AvgIpc) is 3.06. The summed E-state index contributed by atoms with van der Waals surface area (Å²) in [4.78, 5) is 16.2. The predicted molar refractivity (Wildman–Crippen MR) is 97.6 cm³/mol. The Bertz CT molecular complexity index is 713. The Kier molecular flexibility index (Phi) is 5.21. The quantitative estimate of drug-likeness (QED) is 0.902. The Balaban J connectivity index is 1.62. The van der Waals surface area contributed by atoms with Crippen LogP contribution in [0.15, 0.2) is 35.7 Å². The molecule has 0 saturated carbocycles. The molecule has 1 amide bonds. The van der Waals surface area contributed by atoms with E-state index in [9.17, 15) is 4.79 Å². The van der Waals surface area contributed by atoms with Gasteiger partial charge in [-0.3, -0.25) is 9.69 Å². The van der Waals surface area contributed by atoms with E-state index in [4.69, 9.17) is 4.74 Å². The van der Waals surface area contributed by atoms with Crippen molar-refractivity contribution in [2.24, 2.45) is 0 Å². The van der Waals surface area contributed by atoms with E-state index in [0.29, 0.717) is 12.6 Å². The van der Waals surface area contributed by atoms with E-state index >= 15 is 0 Å². The standard InChI is InChI=1S/C19H24N2O2S/c1-13(15-6-4-5-7-17(15)23-3)20-19(22)12-21-10-8-18-16(14(21)2)9-11-24-18/h4-7,9,11,13-14H,8,10,12H2,1-3H3,(H,20,22). The summed E-state index contributed by atoms with van der Waals surface area (Å²) in [5.41, 5.74) is 2.37. The van der Waals surface area contributed by atoms with Gasteiger partial charge in [0.1, 0.15) is 5.75 Å². The van der Waals surface area contributed by atoms with Crippen LogP contribution in [0.3, 0.4) is 0 Å². The maximum absolute atomic E-state index is 12.5. The Morgan fingerprint density at radius 1 is 1.42 bits per heavy atom. The van der Waals surface area contributed by atoms with Gasteiger partial charge in [-0.25, -0.2) is 0 Å². The van der Waals surface area contributed by atoms with E-state index in [1.807, 2.05) is 42.5 Å². The molecule has 0 bridgehead atoms. The lowest BCUT2D eigenvalue weighted by Gasteiger charge is -2.33. The molecule has 0 spiro atoms. The summed E-state index contributed by atoms with van der Waals surface area (Å²) in [6, 6.07) is 10.2. The van der Waals surface area contributed by atoms with Crippen LogP contribution < -0.4 is 10.1 Å². The summed E-state index contributed by atoms with van der Waals surface area (Å²) >= 11 is 1.82. The topological polar surface area (TPSA) is 41.6 Å². The van der Waals surface area contributed by atoms with E-state index in [0.717, 1.165) is 24.3 Å². The van der Waals surface area contributed by atoms with Crippen LogP contribution in [0.25, 0.3) is 0 Å². The first kappa shape index (κ1) is 17.0. The number of benzene rings is 1. The van der Waals surface area contributed by atoms with Crippen LogP contribution in [0.4, 0.5) is 0 Å². The highest BCUT2D eigenvalue weighted by atomic mass is 32.1. The number of carbonyl (C=O) groups excluding carboxylic acids is 1. The molecule has 24 heavy (non-hydrogen) atoms. The van der Waals surface area contributed by atoms with Crippen molar-refractivity contribution < 1.29 is 9.53 Å². The number of hydrogen-bond donors (Lipinski definition) is 1. The highest BCUT2D eigenvalue weighted by molar-refractivity contribution is 7.10. The Labute approximate surface area is 147 Å². The smallest absolute Gasteiger partial charge is 0.234 e. The minimum absolute atomic E-state index is 0.0546. The van der Waals surface area contributed by atoms with Crippen molar-refractivity contribution in [3.8, 4) is 5.75 Å². The number of nitrogens with zero attached hydrogens (tertiary/aromatic N) is 1. The average molecular weight is 344 g/mol. The number of rotatable bonds is 5. The van der Waals surface area contributed by atoms with E-state index < -0.39 is 0 Å². The largest absolute Gasteiger partial charge is 0.496 e. The first-order chi connectivity index (χ1) is 11.6. The van der Waals surface area contributed by atoms with Gasteiger partial charge in [0.2, 0.25) is 5.91 Å². The summed E-state index contributed by atoms with van der Waals surface area (Å²) < 4.78 is 5.38. The minimum atomic E-state index is -0.0783. The molecule has 0 aliphatic carbocycles. The summed E-state index contributed by atoms with van der Waals surface area (Å²) in [6.07, 6.45) is 1.03. The lowest BCUT2D eigenvalue weighted by Crippen LogP contribution is -2.42. The van der Waals surface area contributed by atoms with Gasteiger partial charge in [0.15, 0.2) is 0 Å². The Morgan fingerprint density at radius 2 is 2.21 bits per heavy atom. The summed E-state index contributed by atoms with van der Waals surface area (Å²) in [5, 5.41) is 5.25. The molecule has 4 nitrogen and oxygen atoms in total. The number of fused-ring (bicyclic) bond motifs is 1. The van der Waals surface area contributed by atoms with E-state index in [-0.39, 0.29) is 11.9 Å². The lowest BCUT2D eigenvalue weighted by atomic mass is 10.0. The maximum atomic E-state index is 12.5. The van der Waals surface area contributed by atoms with Crippen LogP contribution >= 0.6 is 11.3 Å². The summed E-state index contributed by atoms with van der Waals surface area (Å²) in [5.74, 6) is 0.860. The first-order valence-electron chi connectivity index (χ1n) is 8.32. The molecule has 0 fully saturated rings. The molecule has 1 aliphatic rings. The molecular weight excluding hydrogens is 320 g/mol. The molecule has 2 atom stereocenters. The normalized spacial score (nSPS) is 18.7. The van der Waals surface area contributed by atoms with Crippen molar-refractivity contribution in [3.63, 3.8) is 0 Å². The third-order valence-electron chi connectivity index (χ3n) is 4.73. The second kappa shape index (κ2) is 7.36. The Hall–Kier alpha value is -1.85. The highest BCUT2D eigenvalue weighted by Gasteiger charge is 2.26. The molecule has 0 saturated heterocycles. The summed E-state index contributed by atoms with van der Waals surface area (Å²) in [6.45, 7) is 5.54. The third kappa shape index (κ3) is 3.47. The van der Waals surface area contributed by atoms with Gasteiger partial charge in [0.25, 0.3) is 0 Å². The fourth-order valence-corrected chi connectivity index (χ4v) is 4.31. The number of carbonyl (C=O) groups is 1. The summed E-state index contributed by atoms with van der Waals surface area (Å²) in [7, 11) is 1.65. The minimum Gasteiger partial charge on any atom is -0.496 e. The van der Waals surface area contributed by atoms with E-state index in [2.05, 4.69) is 28.6 Å². The zero-order chi connectivity index (χ0) is 17.1. The van der Waals surface area contributed by atoms with Gasteiger partial charge in [-0.15, -0.1) is 11.3 Å². The van der Waals surface area contributed by atoms with Crippen molar-refractivity contribution in [1.82, 2.24) is 10.2 Å². The lowest BCUT2D eigenvalue weighted by molar-refractivity contribution is -0.123. The van der Waals surface area contributed by atoms with Gasteiger partial charge >= 0.3 is 0 Å². The number of methoxy groups -OCH3 is 1. The number of hydrogen-bond acceptors (Lipinski definition) is 4. The van der Waals surface area contributed by atoms with Crippen molar-refractivity contribution >= 4 is 17.2 Å². The Morgan fingerprint density at radius 3 is 3.00 bits per heavy atom. The van der Waals surface area contributed by atoms with Crippen LogP contribution in [0, 0.1) is 0 Å². The maximum Gasteiger partial charge on any atom is 0.234 e. The number of para-hydroxylation sites is 1. The SMILES string of the molecule is COc1ccccc1C(C)NC(=O)CN1CCc2sccc2C1C. The van der Waals surface area contributed by atoms with Gasteiger partial charge in [0.05, 0.1) is 19.7 Å². The monoisotopic (exact) mass is 344 g/mol. The zero-order valence-corrected chi connectivity index (χ0v) is 15.2. The van der Waals surface area contributed by atoms with E-state index in [1.54, 1.807) is 7.11 Å². The van der Waals surface area contributed by atoms with Gasteiger partial charge in [-0.05, 0) is 43.3 Å². The molecule has 2 unspecified atom stereocenters. The molecule has 1 aromatic heterocycles. The first-order valence-corrected chi connectivity index (χ1v) is 9.20. The fraction of sp³-hybridized carbons (Fsp3) is 0.421. The van der Waals surface area contributed by atoms with Crippen LogP contribution in [-0.2, 0) is 11.2 Å². The fourth-order valence-electron chi connectivity index (χ4n) is 3.35. The number of nitrogens with one attached hydrogen (secondary N) is 1. The van der Waals surface area contributed by atoms with Crippen LogP contribution in [0.2, 0.25) is 0 Å². The van der Waals surface area contributed by atoms with Crippen molar-refractivity contribution in [1.29, 1.82) is 0 Å². The van der Waals surface area contributed by atoms with E-state index in [1.165, 1.54) is 10.4 Å². The third-order valence-corrected chi connectivity index (χ3v) is 5.73. The van der Waals surface area contributed by atoms with Crippen molar-refractivity contribution in [2.75, 3.05) is 20.2 Å². The second-order valence-electron chi connectivity index (χ2n) is 6.23. The van der Waals surface area contributed by atoms with Crippen LogP contribution in [0.1, 0.15) is 41.9 Å². The molecule has 3 rings (SSSR count). The van der Waals surface area contributed by atoms with Crippen molar-refractivity contribution in [3.05, 3.63) is 51.7 Å². The van der Waals surface area contributed by atoms with Gasteiger partial charge < -0.3 is 10.1 Å². The van der Waals surface area contributed by atoms with Gasteiger partial charge in [-0.1, -0.05) is 18.2 Å². The van der Waals surface area contributed by atoms with Gasteiger partial charge in [-0.2, -0.15) is 0 Å². The number of ether oxygens (including phenoxy) is 1. The number of amides is 1. The molecule has 5 heteroatoms. The van der Waals surface area contributed by atoms with Gasteiger partial charge in [0, 0.05) is 23.0 Å². The second-order valence-corrected chi connectivity index (χ2v) is 7.23. The molecule has 128 valence electrons. The highest BCUT2D eigenvalue weighted by Crippen LogP contribution is 2.32. The number of thiophene rings is 1. The predicted octanol–water partition coefficient (Wildman–Crippen LogP) is 3.55. The molecule has 1 aromatic carbocycles. The molecular formula is C19H24N2O2S. The molecule has 2 aromatic rings. The van der Waals surface area contributed by atoms with Crippen LogP contribution in [0.5, 0.6) is 5.75 Å². The molecule has 1 aliphatic heterocycles. The van der Waals surface area contributed by atoms with Crippen LogP contribution in [-0.4, -0.2) is 31.0 Å². The van der Waals surface area contributed by atoms with Crippen molar-refractivity contribution in [2.45, 2.75) is 32.4 Å². The molecule has 0 radical (unpaired) electrons. The molecule has 1 N–H and O–H groups in total. The molecule has 2 heterocycles.